The van der Waals surface area contributed by atoms with Crippen molar-refractivity contribution in [3.8, 4) is 11.5 Å². The number of hydrogen-bond acceptors (Lipinski definition) is 4. The Morgan fingerprint density at radius 2 is 2.00 bits per heavy atom. The lowest BCUT2D eigenvalue weighted by Gasteiger charge is -2.13. The van der Waals surface area contributed by atoms with Crippen LogP contribution in [0.2, 0.25) is 0 Å². The first-order chi connectivity index (χ1) is 9.56. The summed E-state index contributed by atoms with van der Waals surface area (Å²) in [5.41, 5.74) is 1.09. The van der Waals surface area contributed by atoms with Crippen molar-refractivity contribution in [1.29, 1.82) is 0 Å². The molecule has 1 aromatic heterocycles. The fourth-order valence-corrected chi connectivity index (χ4v) is 1.77. The minimum Gasteiger partial charge on any atom is -0.504 e. The van der Waals surface area contributed by atoms with E-state index in [-0.39, 0.29) is 12.2 Å². The van der Waals surface area contributed by atoms with Gasteiger partial charge in [-0.2, -0.15) is 8.78 Å². The molecule has 20 heavy (non-hydrogen) atoms. The molecule has 0 saturated carbocycles. The number of rotatable bonds is 5. The molecule has 2 aromatic rings. The van der Waals surface area contributed by atoms with E-state index in [1.807, 2.05) is 0 Å². The summed E-state index contributed by atoms with van der Waals surface area (Å²) in [5.74, 6) is -0.767. The molecule has 0 aliphatic rings. The number of nitrogens with zero attached hydrogens (tertiary/aromatic N) is 1. The zero-order valence-electron chi connectivity index (χ0n) is 10.4. The number of phenols is 1. The molecule has 2 N–H and O–H groups in total. The van der Waals surface area contributed by atoms with E-state index < -0.39 is 18.5 Å². The predicted octanol–water partition coefficient (Wildman–Crippen LogP) is 2.66. The third kappa shape index (κ3) is 3.64. The van der Waals surface area contributed by atoms with Crippen molar-refractivity contribution in [2.24, 2.45) is 0 Å². The third-order valence-electron chi connectivity index (χ3n) is 2.71. The second kappa shape index (κ2) is 6.29. The van der Waals surface area contributed by atoms with Crippen LogP contribution < -0.4 is 4.74 Å². The summed E-state index contributed by atoms with van der Waals surface area (Å²) in [5, 5.41) is 19.6. The van der Waals surface area contributed by atoms with Crippen LogP contribution in [0.25, 0.3) is 0 Å². The van der Waals surface area contributed by atoms with Gasteiger partial charge in [0, 0.05) is 18.3 Å². The third-order valence-corrected chi connectivity index (χ3v) is 2.71. The van der Waals surface area contributed by atoms with Crippen molar-refractivity contribution in [1.82, 2.24) is 4.98 Å². The summed E-state index contributed by atoms with van der Waals surface area (Å²) in [6.45, 7) is -3.01. The maximum Gasteiger partial charge on any atom is 0.387 e. The topological polar surface area (TPSA) is 62.6 Å². The SMILES string of the molecule is Oc1cc(C(O)Cc2ccccn2)ccc1OC(F)F. The molecule has 0 saturated heterocycles. The van der Waals surface area contributed by atoms with Crippen LogP contribution in [0.5, 0.6) is 11.5 Å². The average molecular weight is 281 g/mol. The minimum absolute atomic E-state index is 0.259. The lowest BCUT2D eigenvalue weighted by Crippen LogP contribution is -2.05. The zero-order chi connectivity index (χ0) is 14.5. The van der Waals surface area contributed by atoms with E-state index in [9.17, 15) is 19.0 Å². The Hall–Kier alpha value is -2.21. The molecule has 0 aliphatic heterocycles. The number of ether oxygens (including phenoxy) is 1. The number of aromatic nitrogens is 1. The summed E-state index contributed by atoms with van der Waals surface area (Å²) in [6.07, 6.45) is 0.977. The van der Waals surface area contributed by atoms with Crippen LogP contribution in [0.1, 0.15) is 17.4 Å². The molecule has 6 heteroatoms. The van der Waals surface area contributed by atoms with Crippen LogP contribution in [-0.4, -0.2) is 21.8 Å². The summed E-state index contributed by atoms with van der Waals surface area (Å²) in [7, 11) is 0. The van der Waals surface area contributed by atoms with Crippen LogP contribution in [0.4, 0.5) is 8.78 Å². The first-order valence-corrected chi connectivity index (χ1v) is 5.92. The average Bonchev–Trinajstić information content (AvgIpc) is 2.41. The van der Waals surface area contributed by atoms with Gasteiger partial charge in [-0.3, -0.25) is 4.98 Å². The number of phenolic OH excluding ortho intramolecular Hbond substituents is 1. The van der Waals surface area contributed by atoms with Gasteiger partial charge in [0.05, 0.1) is 6.10 Å². The maximum atomic E-state index is 12.1. The second-order valence-corrected chi connectivity index (χ2v) is 4.15. The van der Waals surface area contributed by atoms with Crippen molar-refractivity contribution >= 4 is 0 Å². The molecule has 0 aliphatic carbocycles. The molecule has 1 unspecified atom stereocenters. The van der Waals surface area contributed by atoms with Gasteiger partial charge in [-0.25, -0.2) is 0 Å². The van der Waals surface area contributed by atoms with Crippen molar-refractivity contribution in [3.05, 3.63) is 53.9 Å². The standard InChI is InChI=1S/C14H13F2NO3/c15-14(16)20-13-5-4-9(7-12(13)19)11(18)8-10-3-1-2-6-17-10/h1-7,11,14,18-19H,8H2. The van der Waals surface area contributed by atoms with E-state index in [2.05, 4.69) is 9.72 Å². The summed E-state index contributed by atoms with van der Waals surface area (Å²) in [4.78, 5) is 4.08. The van der Waals surface area contributed by atoms with Gasteiger partial charge in [0.1, 0.15) is 0 Å². The van der Waals surface area contributed by atoms with E-state index in [0.29, 0.717) is 11.3 Å². The first-order valence-electron chi connectivity index (χ1n) is 5.92. The second-order valence-electron chi connectivity index (χ2n) is 4.15. The van der Waals surface area contributed by atoms with E-state index in [1.165, 1.54) is 18.2 Å². The Balaban J connectivity index is 2.11. The molecule has 1 aromatic carbocycles. The summed E-state index contributed by atoms with van der Waals surface area (Å²) in [6, 6.07) is 9.14. The monoisotopic (exact) mass is 281 g/mol. The lowest BCUT2D eigenvalue weighted by atomic mass is 10.0. The Kier molecular flexibility index (Phi) is 4.47. The predicted molar refractivity (Wildman–Crippen MR) is 67.6 cm³/mol. The molecule has 2 rings (SSSR count). The Morgan fingerprint density at radius 3 is 2.60 bits per heavy atom. The highest BCUT2D eigenvalue weighted by molar-refractivity contribution is 5.42. The number of aliphatic hydroxyl groups excluding tert-OH is 1. The van der Waals surface area contributed by atoms with Crippen LogP contribution in [0.15, 0.2) is 42.6 Å². The largest absolute Gasteiger partial charge is 0.504 e. The number of benzene rings is 1. The van der Waals surface area contributed by atoms with Gasteiger partial charge in [0.25, 0.3) is 0 Å². The Morgan fingerprint density at radius 1 is 1.20 bits per heavy atom. The number of pyridine rings is 1. The Labute approximate surface area is 114 Å². The fourth-order valence-electron chi connectivity index (χ4n) is 1.77. The van der Waals surface area contributed by atoms with E-state index in [1.54, 1.807) is 24.4 Å². The molecule has 0 amide bonds. The van der Waals surface area contributed by atoms with Crippen LogP contribution in [0, 0.1) is 0 Å². The van der Waals surface area contributed by atoms with Gasteiger partial charge in [0.15, 0.2) is 11.5 Å². The smallest absolute Gasteiger partial charge is 0.387 e. The highest BCUT2D eigenvalue weighted by Crippen LogP contribution is 2.31. The normalized spacial score (nSPS) is 12.4. The molecular weight excluding hydrogens is 268 g/mol. The number of halogens is 2. The van der Waals surface area contributed by atoms with Gasteiger partial charge >= 0.3 is 6.61 Å². The Bertz CT molecular complexity index is 564. The number of hydrogen-bond donors (Lipinski definition) is 2. The molecule has 106 valence electrons. The van der Waals surface area contributed by atoms with E-state index in [4.69, 9.17) is 0 Å². The highest BCUT2D eigenvalue weighted by Gasteiger charge is 2.14. The maximum absolute atomic E-state index is 12.1. The van der Waals surface area contributed by atoms with Crippen LogP contribution in [-0.2, 0) is 6.42 Å². The van der Waals surface area contributed by atoms with Crippen molar-refractivity contribution in [2.75, 3.05) is 0 Å². The van der Waals surface area contributed by atoms with Crippen molar-refractivity contribution in [3.63, 3.8) is 0 Å². The number of aliphatic hydroxyl groups is 1. The molecular formula is C14H13F2NO3. The summed E-state index contributed by atoms with van der Waals surface area (Å²) < 4.78 is 28.2. The first kappa shape index (κ1) is 14.2. The summed E-state index contributed by atoms with van der Waals surface area (Å²) >= 11 is 0. The fraction of sp³-hybridized carbons (Fsp3) is 0.214. The van der Waals surface area contributed by atoms with Gasteiger partial charge < -0.3 is 14.9 Å². The van der Waals surface area contributed by atoms with E-state index >= 15 is 0 Å². The molecule has 0 radical (unpaired) electrons. The lowest BCUT2D eigenvalue weighted by molar-refractivity contribution is -0.0512. The quantitative estimate of drug-likeness (QED) is 0.884. The zero-order valence-corrected chi connectivity index (χ0v) is 10.4. The number of alkyl halides is 2. The van der Waals surface area contributed by atoms with Gasteiger partial charge in [0.2, 0.25) is 0 Å². The minimum atomic E-state index is -3.01. The molecule has 0 bridgehead atoms. The molecule has 4 nitrogen and oxygen atoms in total. The molecule has 1 heterocycles. The number of aromatic hydroxyl groups is 1. The van der Waals surface area contributed by atoms with Gasteiger partial charge in [-0.15, -0.1) is 0 Å². The van der Waals surface area contributed by atoms with Crippen LogP contribution >= 0.6 is 0 Å². The van der Waals surface area contributed by atoms with Crippen LogP contribution in [0.3, 0.4) is 0 Å². The van der Waals surface area contributed by atoms with Crippen molar-refractivity contribution < 1.29 is 23.7 Å². The van der Waals surface area contributed by atoms with Crippen molar-refractivity contribution in [2.45, 2.75) is 19.1 Å². The molecule has 1 atom stereocenters. The molecule has 0 fully saturated rings. The molecule has 0 spiro atoms. The highest BCUT2D eigenvalue weighted by atomic mass is 19.3. The van der Waals surface area contributed by atoms with E-state index in [0.717, 1.165) is 0 Å². The van der Waals surface area contributed by atoms with Gasteiger partial charge in [-0.1, -0.05) is 12.1 Å². The van der Waals surface area contributed by atoms with Gasteiger partial charge in [-0.05, 0) is 29.8 Å².